The molecular formula is C33H32N4O4. The van der Waals surface area contributed by atoms with E-state index < -0.39 is 0 Å². The highest BCUT2D eigenvalue weighted by Crippen LogP contribution is 2.30. The first kappa shape index (κ1) is 27.6. The molecule has 0 bridgehead atoms. The summed E-state index contributed by atoms with van der Waals surface area (Å²) in [6.45, 7) is 2.71. The number of methoxy groups -OCH3 is 1. The smallest absolute Gasteiger partial charge is 0.310 e. The van der Waals surface area contributed by atoms with Crippen LogP contribution in [0.15, 0.2) is 91.0 Å². The summed E-state index contributed by atoms with van der Waals surface area (Å²) in [6.07, 6.45) is 0.0938. The number of amidine groups is 1. The first-order chi connectivity index (χ1) is 20.0. The number of carbonyl (C=O) groups is 1. The average molecular weight is 549 g/mol. The Morgan fingerprint density at radius 3 is 2.49 bits per heavy atom. The lowest BCUT2D eigenvalue weighted by atomic mass is 10.0. The first-order valence-electron chi connectivity index (χ1n) is 13.4. The molecule has 0 saturated heterocycles. The number of hydrogen-bond donors (Lipinski definition) is 2. The van der Waals surface area contributed by atoms with Crippen LogP contribution in [0.2, 0.25) is 0 Å². The Bertz CT molecular complexity index is 1690. The molecule has 0 aliphatic rings. The van der Waals surface area contributed by atoms with Gasteiger partial charge < -0.3 is 19.9 Å². The maximum Gasteiger partial charge on any atom is 0.310 e. The molecular weight excluding hydrogens is 516 g/mol. The van der Waals surface area contributed by atoms with E-state index in [9.17, 15) is 4.79 Å². The van der Waals surface area contributed by atoms with E-state index in [1.54, 1.807) is 14.0 Å². The molecule has 3 N–H and O–H groups in total. The molecule has 208 valence electrons. The van der Waals surface area contributed by atoms with E-state index in [2.05, 4.69) is 6.07 Å². The largest absolute Gasteiger partial charge is 0.487 e. The summed E-state index contributed by atoms with van der Waals surface area (Å²) in [5, 5.41) is 13.7. The molecule has 0 saturated carbocycles. The highest BCUT2D eigenvalue weighted by atomic mass is 16.5. The molecule has 0 aliphatic carbocycles. The van der Waals surface area contributed by atoms with Crippen molar-refractivity contribution >= 4 is 22.7 Å². The molecule has 8 heteroatoms. The zero-order valence-corrected chi connectivity index (χ0v) is 23.1. The lowest BCUT2D eigenvalue weighted by Crippen LogP contribution is -2.10. The monoisotopic (exact) mass is 548 g/mol. The molecule has 0 atom stereocenters. The summed E-state index contributed by atoms with van der Waals surface area (Å²) in [5.74, 6) is 0.294. The summed E-state index contributed by atoms with van der Waals surface area (Å²) in [4.78, 5) is 12.3. The number of rotatable bonds is 11. The van der Waals surface area contributed by atoms with Gasteiger partial charge in [-0.25, -0.2) is 4.68 Å². The Kier molecular flexibility index (Phi) is 8.41. The second kappa shape index (κ2) is 12.5. The van der Waals surface area contributed by atoms with Gasteiger partial charge in [-0.05, 0) is 66.1 Å². The van der Waals surface area contributed by atoms with Crippen LogP contribution in [0.5, 0.6) is 5.75 Å². The van der Waals surface area contributed by atoms with Crippen molar-refractivity contribution in [3.63, 3.8) is 0 Å². The molecule has 0 spiro atoms. The van der Waals surface area contributed by atoms with Gasteiger partial charge in [-0.3, -0.25) is 10.2 Å². The van der Waals surface area contributed by atoms with Crippen LogP contribution in [0.3, 0.4) is 0 Å². The molecule has 0 amide bonds. The summed E-state index contributed by atoms with van der Waals surface area (Å²) in [7, 11) is 1.63. The Balaban J connectivity index is 1.54. The highest BCUT2D eigenvalue weighted by Gasteiger charge is 2.17. The van der Waals surface area contributed by atoms with Crippen LogP contribution >= 0.6 is 0 Å². The molecule has 4 aromatic carbocycles. The number of nitrogens with one attached hydrogen (secondary N) is 1. The van der Waals surface area contributed by atoms with Crippen molar-refractivity contribution in [2.75, 3.05) is 13.7 Å². The minimum Gasteiger partial charge on any atom is -0.487 e. The third-order valence-electron chi connectivity index (χ3n) is 6.70. The zero-order valence-electron chi connectivity index (χ0n) is 23.1. The van der Waals surface area contributed by atoms with E-state index in [1.165, 1.54) is 0 Å². The van der Waals surface area contributed by atoms with Crippen LogP contribution in [0.25, 0.3) is 27.7 Å². The van der Waals surface area contributed by atoms with Crippen molar-refractivity contribution in [1.82, 2.24) is 9.78 Å². The number of aromatic nitrogens is 2. The number of fused-ring (bicyclic) bond motifs is 1. The highest BCUT2D eigenvalue weighted by molar-refractivity contribution is 5.96. The standard InChI is InChI=1S/C33H32N4O4/c1-3-40-32(38)19-26-16-22(20-39-2)12-15-31(26)41-21-29-28-18-24(23-8-7-9-25(17-23)33(34)35)13-14-30(28)37(36-29)27-10-5-4-6-11-27/h4-18H,3,19-21H2,1-2H3,(H3,34,35). The van der Waals surface area contributed by atoms with Gasteiger partial charge in [0, 0.05) is 23.6 Å². The second-order valence-electron chi connectivity index (χ2n) is 9.57. The van der Waals surface area contributed by atoms with Gasteiger partial charge in [0.25, 0.3) is 0 Å². The fourth-order valence-electron chi connectivity index (χ4n) is 4.78. The number of nitrogen functional groups attached to an aromatic ring is 1. The summed E-state index contributed by atoms with van der Waals surface area (Å²) < 4.78 is 18.7. The average Bonchev–Trinajstić information content (AvgIpc) is 3.35. The Morgan fingerprint density at radius 2 is 1.73 bits per heavy atom. The van der Waals surface area contributed by atoms with E-state index >= 15 is 0 Å². The van der Waals surface area contributed by atoms with Crippen molar-refractivity contribution in [2.24, 2.45) is 5.73 Å². The van der Waals surface area contributed by atoms with Gasteiger partial charge in [0.2, 0.25) is 0 Å². The molecule has 1 aromatic heterocycles. The Morgan fingerprint density at radius 1 is 0.927 bits per heavy atom. The van der Waals surface area contributed by atoms with E-state index in [0.717, 1.165) is 44.5 Å². The quantitative estimate of drug-likeness (QED) is 0.122. The van der Waals surface area contributed by atoms with E-state index in [1.807, 2.05) is 89.6 Å². The van der Waals surface area contributed by atoms with Gasteiger partial charge in [-0.2, -0.15) is 5.10 Å². The van der Waals surface area contributed by atoms with Crippen molar-refractivity contribution < 1.29 is 19.0 Å². The van der Waals surface area contributed by atoms with Crippen LogP contribution in [-0.4, -0.2) is 35.3 Å². The van der Waals surface area contributed by atoms with Crippen LogP contribution in [-0.2, 0) is 33.9 Å². The van der Waals surface area contributed by atoms with E-state index in [-0.39, 0.29) is 24.8 Å². The number of carbonyl (C=O) groups excluding carboxylic acids is 1. The summed E-state index contributed by atoms with van der Waals surface area (Å²) >= 11 is 0. The Hall–Kier alpha value is -4.95. The van der Waals surface area contributed by atoms with Gasteiger partial charge in [0.15, 0.2) is 0 Å². The normalized spacial score (nSPS) is 11.0. The number of benzene rings is 4. The van der Waals surface area contributed by atoms with Crippen molar-refractivity contribution in [3.8, 4) is 22.6 Å². The van der Waals surface area contributed by atoms with Crippen LogP contribution < -0.4 is 10.5 Å². The molecule has 41 heavy (non-hydrogen) atoms. The Labute approximate surface area is 238 Å². The predicted molar refractivity (Wildman–Crippen MR) is 159 cm³/mol. The van der Waals surface area contributed by atoms with E-state index in [0.29, 0.717) is 24.5 Å². The lowest BCUT2D eigenvalue weighted by molar-refractivity contribution is -0.142. The first-order valence-corrected chi connectivity index (χ1v) is 13.4. The van der Waals surface area contributed by atoms with Gasteiger partial charge in [-0.15, -0.1) is 0 Å². The minimum absolute atomic E-state index is 0.0223. The maximum absolute atomic E-state index is 12.3. The van der Waals surface area contributed by atoms with Crippen molar-refractivity contribution in [2.45, 2.75) is 26.6 Å². The summed E-state index contributed by atoms with van der Waals surface area (Å²) in [5.41, 5.74) is 12.6. The molecule has 0 unspecified atom stereocenters. The fraction of sp³-hybridized carbons (Fsp3) is 0.182. The predicted octanol–water partition coefficient (Wildman–Crippen LogP) is 5.81. The third-order valence-corrected chi connectivity index (χ3v) is 6.70. The number of para-hydroxylation sites is 1. The van der Waals surface area contributed by atoms with Gasteiger partial charge in [0.1, 0.15) is 23.9 Å². The molecule has 0 aliphatic heterocycles. The topological polar surface area (TPSA) is 112 Å². The fourth-order valence-corrected chi connectivity index (χ4v) is 4.78. The second-order valence-corrected chi connectivity index (χ2v) is 9.57. The van der Waals surface area contributed by atoms with Gasteiger partial charge in [-0.1, -0.05) is 48.5 Å². The molecule has 0 radical (unpaired) electrons. The SMILES string of the molecule is CCOC(=O)Cc1cc(COC)ccc1OCc1nn(-c2ccccc2)c2ccc(-c3cccc(C(=N)N)c3)cc12. The molecule has 5 aromatic rings. The minimum atomic E-state index is -0.317. The summed E-state index contributed by atoms with van der Waals surface area (Å²) in [6, 6.07) is 29.4. The maximum atomic E-state index is 12.3. The zero-order chi connectivity index (χ0) is 28.8. The molecule has 1 heterocycles. The number of ether oxygens (including phenoxy) is 3. The molecule has 5 rings (SSSR count). The van der Waals surface area contributed by atoms with Crippen molar-refractivity contribution in [3.05, 3.63) is 113 Å². The lowest BCUT2D eigenvalue weighted by Gasteiger charge is -2.13. The van der Waals surface area contributed by atoms with Crippen LogP contribution in [0, 0.1) is 5.41 Å². The third kappa shape index (κ3) is 6.28. The molecule has 8 nitrogen and oxygen atoms in total. The van der Waals surface area contributed by atoms with E-state index in [4.69, 9.17) is 30.5 Å². The van der Waals surface area contributed by atoms with Gasteiger partial charge in [0.05, 0.1) is 30.8 Å². The number of hydrogen-bond acceptors (Lipinski definition) is 6. The molecule has 0 fully saturated rings. The number of nitrogens with zero attached hydrogens (tertiary/aromatic N) is 2. The van der Waals surface area contributed by atoms with Crippen LogP contribution in [0.4, 0.5) is 0 Å². The van der Waals surface area contributed by atoms with Crippen molar-refractivity contribution in [1.29, 1.82) is 5.41 Å². The number of esters is 1. The van der Waals surface area contributed by atoms with Crippen LogP contribution in [0.1, 0.15) is 29.3 Å². The van der Waals surface area contributed by atoms with Gasteiger partial charge >= 0.3 is 5.97 Å². The number of nitrogens with two attached hydrogens (primary N) is 1.